The van der Waals surface area contributed by atoms with Crippen molar-refractivity contribution in [1.29, 1.82) is 0 Å². The summed E-state index contributed by atoms with van der Waals surface area (Å²) in [6.07, 6.45) is 7.11. The molecule has 2 aromatic rings. The maximum absolute atomic E-state index is 14.2. The predicted octanol–water partition coefficient (Wildman–Crippen LogP) is 3.92. The van der Waals surface area contributed by atoms with Crippen molar-refractivity contribution in [1.82, 2.24) is 9.78 Å². The summed E-state index contributed by atoms with van der Waals surface area (Å²) >= 11 is 7.52. The fourth-order valence-corrected chi connectivity index (χ4v) is 3.01. The SMILES string of the molecule is C#CCOc1cc(-c2nn(C)c(SC)c2C)c(F)cc1Cl. The minimum absolute atomic E-state index is 0.0715. The zero-order valence-electron chi connectivity index (χ0n) is 11.9. The third kappa shape index (κ3) is 3.02. The fraction of sp³-hybridized carbons (Fsp3) is 0.267. The number of halogens is 2. The Morgan fingerprint density at radius 3 is 2.81 bits per heavy atom. The summed E-state index contributed by atoms with van der Waals surface area (Å²) in [7, 11) is 1.83. The van der Waals surface area contributed by atoms with E-state index in [2.05, 4.69) is 11.0 Å². The van der Waals surface area contributed by atoms with Gasteiger partial charge in [0.2, 0.25) is 0 Å². The minimum Gasteiger partial charge on any atom is -0.479 e. The van der Waals surface area contributed by atoms with E-state index < -0.39 is 5.82 Å². The van der Waals surface area contributed by atoms with Gasteiger partial charge in [0.15, 0.2) is 0 Å². The van der Waals surface area contributed by atoms with Crippen molar-refractivity contribution in [3.05, 3.63) is 28.5 Å². The average Bonchev–Trinajstić information content (AvgIpc) is 2.72. The van der Waals surface area contributed by atoms with Gasteiger partial charge in [-0.25, -0.2) is 4.39 Å². The van der Waals surface area contributed by atoms with Gasteiger partial charge in [0, 0.05) is 18.2 Å². The van der Waals surface area contributed by atoms with E-state index in [1.807, 2.05) is 20.2 Å². The second kappa shape index (κ2) is 6.42. The molecule has 0 aliphatic carbocycles. The number of nitrogens with zero attached hydrogens (tertiary/aromatic N) is 2. The summed E-state index contributed by atoms with van der Waals surface area (Å²) in [5.41, 5.74) is 1.83. The van der Waals surface area contributed by atoms with Gasteiger partial charge in [0.25, 0.3) is 0 Å². The summed E-state index contributed by atoms with van der Waals surface area (Å²) in [6.45, 7) is 1.98. The minimum atomic E-state index is -0.443. The molecule has 2 rings (SSSR count). The molecule has 1 heterocycles. The molecule has 0 spiro atoms. The van der Waals surface area contributed by atoms with Crippen LogP contribution < -0.4 is 4.74 Å². The first-order chi connectivity index (χ1) is 9.99. The summed E-state index contributed by atoms with van der Waals surface area (Å²) in [5, 5.41) is 5.54. The monoisotopic (exact) mass is 324 g/mol. The van der Waals surface area contributed by atoms with Gasteiger partial charge in [-0.2, -0.15) is 5.10 Å². The van der Waals surface area contributed by atoms with E-state index in [9.17, 15) is 4.39 Å². The zero-order valence-corrected chi connectivity index (χ0v) is 13.5. The third-order valence-electron chi connectivity index (χ3n) is 3.00. The fourth-order valence-electron chi connectivity index (χ4n) is 2.10. The van der Waals surface area contributed by atoms with Crippen LogP contribution in [-0.2, 0) is 7.05 Å². The normalized spacial score (nSPS) is 10.5. The van der Waals surface area contributed by atoms with Crippen molar-refractivity contribution >= 4 is 23.4 Å². The molecule has 6 heteroatoms. The molecule has 0 aliphatic rings. The van der Waals surface area contributed by atoms with Gasteiger partial charge in [-0.15, -0.1) is 18.2 Å². The quantitative estimate of drug-likeness (QED) is 0.630. The number of terminal acetylenes is 1. The molecular weight excluding hydrogens is 311 g/mol. The van der Waals surface area contributed by atoms with Gasteiger partial charge in [0.1, 0.15) is 18.2 Å². The molecule has 21 heavy (non-hydrogen) atoms. The van der Waals surface area contributed by atoms with Crippen LogP contribution in [-0.4, -0.2) is 22.6 Å². The van der Waals surface area contributed by atoms with E-state index in [0.29, 0.717) is 17.0 Å². The average molecular weight is 325 g/mol. The number of benzene rings is 1. The van der Waals surface area contributed by atoms with Crippen molar-refractivity contribution in [2.45, 2.75) is 11.9 Å². The van der Waals surface area contributed by atoms with E-state index in [4.69, 9.17) is 22.8 Å². The van der Waals surface area contributed by atoms with E-state index in [-0.39, 0.29) is 11.6 Å². The number of hydrogen-bond acceptors (Lipinski definition) is 3. The zero-order chi connectivity index (χ0) is 15.6. The number of hydrogen-bond donors (Lipinski definition) is 0. The Bertz CT molecular complexity index is 721. The molecule has 0 unspecified atom stereocenters. The van der Waals surface area contributed by atoms with Crippen LogP contribution in [0.2, 0.25) is 5.02 Å². The molecule has 0 fully saturated rings. The molecule has 0 N–H and O–H groups in total. The molecule has 0 bridgehead atoms. The molecule has 0 amide bonds. The molecule has 0 atom stereocenters. The topological polar surface area (TPSA) is 27.1 Å². The van der Waals surface area contributed by atoms with E-state index in [0.717, 1.165) is 10.6 Å². The molecule has 1 aromatic carbocycles. The Labute approximate surface area is 132 Å². The van der Waals surface area contributed by atoms with Gasteiger partial charge in [-0.05, 0) is 25.3 Å². The van der Waals surface area contributed by atoms with Crippen LogP contribution in [0.1, 0.15) is 5.56 Å². The Kier molecular flexibility index (Phi) is 4.81. The summed E-state index contributed by atoms with van der Waals surface area (Å²) < 4.78 is 21.3. The lowest BCUT2D eigenvalue weighted by atomic mass is 10.1. The van der Waals surface area contributed by atoms with Gasteiger partial charge in [-0.3, -0.25) is 4.68 Å². The van der Waals surface area contributed by atoms with Crippen LogP contribution in [0.5, 0.6) is 5.75 Å². The molecule has 3 nitrogen and oxygen atoms in total. The van der Waals surface area contributed by atoms with Crippen LogP contribution in [0.3, 0.4) is 0 Å². The Morgan fingerprint density at radius 1 is 1.52 bits per heavy atom. The number of rotatable bonds is 4. The third-order valence-corrected chi connectivity index (χ3v) is 4.25. The van der Waals surface area contributed by atoms with Gasteiger partial charge in [-0.1, -0.05) is 17.5 Å². The molecule has 0 radical (unpaired) electrons. The lowest BCUT2D eigenvalue weighted by Gasteiger charge is -2.08. The van der Waals surface area contributed by atoms with Crippen LogP contribution in [0.15, 0.2) is 17.2 Å². The van der Waals surface area contributed by atoms with Crippen LogP contribution in [0.4, 0.5) is 4.39 Å². The number of aromatic nitrogens is 2. The maximum atomic E-state index is 14.2. The largest absolute Gasteiger partial charge is 0.479 e. The second-order valence-corrected chi connectivity index (χ2v) is 5.56. The Balaban J connectivity index is 2.56. The first kappa shape index (κ1) is 15.7. The van der Waals surface area contributed by atoms with Gasteiger partial charge >= 0.3 is 0 Å². The Morgan fingerprint density at radius 2 is 2.24 bits per heavy atom. The first-order valence-electron chi connectivity index (χ1n) is 6.12. The number of ether oxygens (including phenoxy) is 1. The lowest BCUT2D eigenvalue weighted by molar-refractivity contribution is 0.370. The summed E-state index contributed by atoms with van der Waals surface area (Å²) in [4.78, 5) is 0. The molecule has 0 aliphatic heterocycles. The predicted molar refractivity (Wildman–Crippen MR) is 84.5 cm³/mol. The van der Waals surface area contributed by atoms with Crippen molar-refractivity contribution in [3.63, 3.8) is 0 Å². The number of thioether (sulfide) groups is 1. The van der Waals surface area contributed by atoms with Crippen molar-refractivity contribution in [2.24, 2.45) is 7.05 Å². The highest BCUT2D eigenvalue weighted by Gasteiger charge is 2.19. The van der Waals surface area contributed by atoms with Gasteiger partial charge in [0.05, 0.1) is 15.7 Å². The highest BCUT2D eigenvalue weighted by molar-refractivity contribution is 7.98. The van der Waals surface area contributed by atoms with Crippen LogP contribution in [0.25, 0.3) is 11.3 Å². The standard InChI is InChI=1S/C15H14ClFN2OS/c1-5-6-20-13-7-10(12(17)8-11(13)16)14-9(2)15(21-4)19(3)18-14/h1,7-8H,6H2,2-4H3. The Hall–Kier alpha value is -1.64. The highest BCUT2D eigenvalue weighted by atomic mass is 35.5. The lowest BCUT2D eigenvalue weighted by Crippen LogP contribution is -1.97. The van der Waals surface area contributed by atoms with Crippen molar-refractivity contribution < 1.29 is 9.13 Å². The summed E-state index contributed by atoms with van der Waals surface area (Å²) in [5.74, 6) is 2.26. The van der Waals surface area contributed by atoms with E-state index in [1.165, 1.54) is 12.1 Å². The molecule has 0 saturated carbocycles. The number of aryl methyl sites for hydroxylation is 1. The van der Waals surface area contributed by atoms with E-state index in [1.54, 1.807) is 16.4 Å². The molecule has 110 valence electrons. The maximum Gasteiger partial charge on any atom is 0.148 e. The molecular formula is C15H14ClFN2OS. The summed E-state index contributed by atoms with van der Waals surface area (Å²) in [6, 6.07) is 2.75. The molecule has 1 aromatic heterocycles. The van der Waals surface area contributed by atoms with Crippen molar-refractivity contribution in [3.8, 4) is 29.4 Å². The van der Waals surface area contributed by atoms with Crippen molar-refractivity contribution in [2.75, 3.05) is 12.9 Å². The van der Waals surface area contributed by atoms with Crippen LogP contribution in [0, 0.1) is 25.1 Å². The van der Waals surface area contributed by atoms with Crippen LogP contribution >= 0.6 is 23.4 Å². The smallest absolute Gasteiger partial charge is 0.148 e. The van der Waals surface area contributed by atoms with Gasteiger partial charge < -0.3 is 4.74 Å². The highest BCUT2D eigenvalue weighted by Crippen LogP contribution is 2.36. The first-order valence-corrected chi connectivity index (χ1v) is 7.73. The van der Waals surface area contributed by atoms with E-state index >= 15 is 0 Å². The second-order valence-electron chi connectivity index (χ2n) is 4.36. The molecule has 0 saturated heterocycles.